The van der Waals surface area contributed by atoms with Gasteiger partial charge in [0.15, 0.2) is 15.6 Å². The molecule has 4 unspecified atom stereocenters. The van der Waals surface area contributed by atoms with E-state index in [1.807, 2.05) is 0 Å². The van der Waals surface area contributed by atoms with Gasteiger partial charge in [-0.2, -0.15) is 39.5 Å². The molecule has 0 saturated carbocycles. The second kappa shape index (κ2) is 18.8. The molecule has 10 nitrogen and oxygen atoms in total. The Morgan fingerprint density at radius 2 is 1.00 bits per heavy atom. The number of sulfone groups is 1. The molecule has 3 heterocycles. The molecule has 0 radical (unpaired) electrons. The van der Waals surface area contributed by atoms with Gasteiger partial charge in [0.1, 0.15) is 17.3 Å². The van der Waals surface area contributed by atoms with E-state index in [0.717, 1.165) is 28.6 Å². The summed E-state index contributed by atoms with van der Waals surface area (Å²) in [4.78, 5) is 11.0. The number of anilines is 1. The van der Waals surface area contributed by atoms with E-state index in [9.17, 15) is 61.5 Å². The van der Waals surface area contributed by atoms with Crippen molar-refractivity contribution in [2.45, 2.75) is 107 Å². The highest BCUT2D eigenvalue weighted by Crippen LogP contribution is 2.53. The van der Waals surface area contributed by atoms with Crippen molar-refractivity contribution in [1.82, 2.24) is 0 Å². The first-order chi connectivity index (χ1) is 31.9. The van der Waals surface area contributed by atoms with Gasteiger partial charge in [-0.1, -0.05) is 69.3 Å². The number of halogens is 9. The average Bonchev–Trinajstić information content (AvgIpc) is 4.10. The fraction of sp³-hybridized carbons (Fsp3) is 0.354. The normalized spacial score (nSPS) is 15.8. The maximum Gasteiger partial charge on any atom is 0.449 e. The predicted octanol–water partition coefficient (Wildman–Crippen LogP) is 13.3. The van der Waals surface area contributed by atoms with E-state index in [-0.39, 0.29) is 63.8 Å². The first kappa shape index (κ1) is 52.6. The Labute approximate surface area is 393 Å². The maximum atomic E-state index is 14.2. The third kappa shape index (κ3) is 10.4. The number of aliphatic carboxylic acids is 1. The van der Waals surface area contributed by atoms with Crippen LogP contribution in [0.1, 0.15) is 118 Å². The summed E-state index contributed by atoms with van der Waals surface area (Å²) in [7, 11) is -4.22. The SMILES string of the molecule is CCC(C)(c1cc(C(C)(CC)c2ccc(C(F)(F)F)o2)c(N(Cc2ccc(-c3cccc(S(=O)(=O)CC(=O)O)c3)cc2)S(=O)O)c(C(C)(CC)c2ccc(C(F)(F)F)o2)c1)c1ccc(C(F)(F)F)o1. The van der Waals surface area contributed by atoms with E-state index in [2.05, 4.69) is 0 Å². The van der Waals surface area contributed by atoms with Crippen LogP contribution in [0.15, 0.2) is 115 Å². The summed E-state index contributed by atoms with van der Waals surface area (Å²) in [6, 6.07) is 19.9. The molecule has 0 aliphatic heterocycles. The van der Waals surface area contributed by atoms with Crippen LogP contribution in [0.5, 0.6) is 0 Å². The second-order valence-electron chi connectivity index (χ2n) is 17.1. The van der Waals surface area contributed by atoms with Crippen LogP contribution < -0.4 is 4.31 Å². The molecule has 6 aromatic rings. The topological polar surface area (TPSA) is 151 Å². The van der Waals surface area contributed by atoms with Gasteiger partial charge in [-0.15, -0.1) is 0 Å². The standard InChI is InChI=1S/C48H46F9NO9S2/c1-7-43(4,35-17-20-38(65-35)46(49,50)51)31-24-33(44(5,8-2)36-18-21-39(66-36)47(52,53)54)42(34(25-31)45(6,9-3)37-19-22-40(67-37)48(55,56)57)58(68(61)62)26-28-13-15-29(16-14-28)30-11-10-12-32(23-30)69(63,64)27-41(59)60/h10-25H,7-9,26-27H2,1-6H3,(H,59,60)(H,61,62). The molecule has 0 aliphatic carbocycles. The van der Waals surface area contributed by atoms with Gasteiger partial charge in [0.25, 0.3) is 11.3 Å². The summed E-state index contributed by atoms with van der Waals surface area (Å²) in [5, 5.41) is 9.13. The number of carboxylic acid groups (broad SMARTS) is 1. The van der Waals surface area contributed by atoms with Crippen LogP contribution in [0.4, 0.5) is 45.2 Å². The zero-order chi connectivity index (χ0) is 51.3. The Kier molecular flexibility index (Phi) is 14.4. The van der Waals surface area contributed by atoms with E-state index in [4.69, 9.17) is 18.4 Å². The van der Waals surface area contributed by atoms with Crippen molar-refractivity contribution in [1.29, 1.82) is 0 Å². The lowest BCUT2D eigenvalue weighted by Gasteiger charge is -2.40. The fourth-order valence-corrected chi connectivity index (χ4v) is 9.93. The van der Waals surface area contributed by atoms with Crippen molar-refractivity contribution in [3.63, 3.8) is 0 Å². The zero-order valence-electron chi connectivity index (χ0n) is 37.7. The van der Waals surface area contributed by atoms with E-state index in [1.165, 1.54) is 56.3 Å². The molecule has 0 amide bonds. The number of carboxylic acids is 1. The summed E-state index contributed by atoms with van der Waals surface area (Å²) in [6.45, 7) is 8.88. The number of alkyl halides is 9. The Morgan fingerprint density at radius 3 is 1.36 bits per heavy atom. The van der Waals surface area contributed by atoms with Crippen molar-refractivity contribution in [3.05, 3.63) is 154 Å². The van der Waals surface area contributed by atoms with Gasteiger partial charge in [-0.3, -0.25) is 13.7 Å². The highest BCUT2D eigenvalue weighted by Gasteiger charge is 2.47. The lowest BCUT2D eigenvalue weighted by Crippen LogP contribution is -2.36. The number of hydrogen-bond donors (Lipinski definition) is 2. The van der Waals surface area contributed by atoms with Gasteiger partial charge in [0.05, 0.1) is 33.4 Å². The second-order valence-corrected chi connectivity index (χ2v) is 20.0. The summed E-state index contributed by atoms with van der Waals surface area (Å²) in [5.41, 5.74) is -3.75. The Hall–Kier alpha value is -5.80. The molecule has 0 saturated heterocycles. The number of nitrogens with zero attached hydrogens (tertiary/aromatic N) is 1. The van der Waals surface area contributed by atoms with Gasteiger partial charge in [-0.05, 0) is 122 Å². The summed E-state index contributed by atoms with van der Waals surface area (Å²) in [6.07, 6.45) is -15.0. The van der Waals surface area contributed by atoms with Gasteiger partial charge in [0.2, 0.25) is 17.3 Å². The first-order valence-electron chi connectivity index (χ1n) is 21.2. The predicted molar refractivity (Wildman–Crippen MR) is 236 cm³/mol. The number of rotatable bonds is 17. The van der Waals surface area contributed by atoms with Crippen molar-refractivity contribution < 1.29 is 79.8 Å². The van der Waals surface area contributed by atoms with E-state index >= 15 is 0 Å². The van der Waals surface area contributed by atoms with Crippen LogP contribution in [0.3, 0.4) is 0 Å². The van der Waals surface area contributed by atoms with E-state index in [1.54, 1.807) is 45.9 Å². The summed E-state index contributed by atoms with van der Waals surface area (Å²) < 4.78 is 195. The lowest BCUT2D eigenvalue weighted by molar-refractivity contribution is -0.154. The average molecular weight is 1020 g/mol. The molecule has 0 bridgehead atoms. The van der Waals surface area contributed by atoms with Crippen LogP contribution in [-0.2, 0) is 67.2 Å². The van der Waals surface area contributed by atoms with Gasteiger partial charge in [0, 0.05) is 0 Å². The third-order valence-corrected chi connectivity index (χ3v) is 15.2. The minimum absolute atomic E-state index is 0.00327. The largest absolute Gasteiger partial charge is 0.480 e. The molecule has 3 aromatic carbocycles. The van der Waals surface area contributed by atoms with Gasteiger partial charge >= 0.3 is 24.5 Å². The van der Waals surface area contributed by atoms with Gasteiger partial charge < -0.3 is 18.4 Å². The number of furan rings is 3. The van der Waals surface area contributed by atoms with E-state index in [0.29, 0.717) is 28.8 Å². The van der Waals surface area contributed by atoms with Gasteiger partial charge in [-0.25, -0.2) is 12.6 Å². The molecule has 69 heavy (non-hydrogen) atoms. The molecule has 2 N–H and O–H groups in total. The molecule has 0 spiro atoms. The van der Waals surface area contributed by atoms with Crippen molar-refractivity contribution >= 4 is 32.8 Å². The summed E-state index contributed by atoms with van der Waals surface area (Å²) >= 11 is -3.06. The van der Waals surface area contributed by atoms with Crippen molar-refractivity contribution in [3.8, 4) is 11.1 Å². The first-order valence-corrected chi connectivity index (χ1v) is 23.9. The van der Waals surface area contributed by atoms with Crippen LogP contribution in [0, 0.1) is 0 Å². The molecular weight excluding hydrogens is 970 g/mol. The maximum absolute atomic E-state index is 14.2. The quantitative estimate of drug-likeness (QED) is 0.0672. The number of benzene rings is 3. The summed E-state index contributed by atoms with van der Waals surface area (Å²) in [5.74, 6) is -7.58. The highest BCUT2D eigenvalue weighted by atomic mass is 32.2. The zero-order valence-corrected chi connectivity index (χ0v) is 39.3. The van der Waals surface area contributed by atoms with E-state index < -0.39 is 91.4 Å². The molecule has 0 fully saturated rings. The molecule has 6 rings (SSSR count). The highest BCUT2D eigenvalue weighted by molar-refractivity contribution is 7.92. The Morgan fingerprint density at radius 1 is 0.594 bits per heavy atom. The number of hydrogen-bond acceptors (Lipinski definition) is 7. The minimum Gasteiger partial charge on any atom is -0.480 e. The van der Waals surface area contributed by atoms with Crippen molar-refractivity contribution in [2.75, 3.05) is 10.1 Å². The number of carbonyl (C=O) groups is 1. The van der Waals surface area contributed by atoms with Crippen LogP contribution in [0.2, 0.25) is 0 Å². The minimum atomic E-state index is -4.96. The third-order valence-electron chi connectivity index (χ3n) is 12.9. The Balaban J connectivity index is 1.67. The molecular formula is C48H46F9NO9S2. The monoisotopic (exact) mass is 1020 g/mol. The molecule has 4 atom stereocenters. The molecule has 0 aliphatic rings. The van der Waals surface area contributed by atoms with Crippen LogP contribution >= 0.6 is 0 Å². The smallest absolute Gasteiger partial charge is 0.449 e. The molecule has 3 aromatic heterocycles. The lowest BCUT2D eigenvalue weighted by atomic mass is 9.67. The van der Waals surface area contributed by atoms with Crippen LogP contribution in [0.25, 0.3) is 11.1 Å². The molecule has 21 heteroatoms. The Bertz CT molecular complexity index is 2880. The van der Waals surface area contributed by atoms with Crippen LogP contribution in [-0.4, -0.2) is 34.0 Å². The molecule has 372 valence electrons. The fourth-order valence-electron chi connectivity index (χ4n) is 8.23. The van der Waals surface area contributed by atoms with Crippen molar-refractivity contribution in [2.24, 2.45) is 0 Å².